The highest BCUT2D eigenvalue weighted by molar-refractivity contribution is 6.58. The van der Waals surface area contributed by atoms with Gasteiger partial charge in [0.25, 0.3) is 5.91 Å². The molecule has 35 heavy (non-hydrogen) atoms. The minimum Gasteiger partial charge on any atom is -0.341 e. The van der Waals surface area contributed by atoms with Gasteiger partial charge in [-0.1, -0.05) is 59.6 Å². The fraction of sp³-hybridized carbons (Fsp3) is 0.360. The summed E-state index contributed by atoms with van der Waals surface area (Å²) in [5.74, 6) is -1.64. The van der Waals surface area contributed by atoms with Crippen molar-refractivity contribution in [3.63, 3.8) is 0 Å². The van der Waals surface area contributed by atoms with E-state index in [1.54, 1.807) is 6.07 Å². The van der Waals surface area contributed by atoms with Gasteiger partial charge in [-0.05, 0) is 48.1 Å². The number of rotatable bonds is 5. The van der Waals surface area contributed by atoms with Gasteiger partial charge in [-0.25, -0.2) is 4.79 Å². The molecule has 1 saturated heterocycles. The number of imide groups is 1. The summed E-state index contributed by atoms with van der Waals surface area (Å²) in [6, 6.07) is 14.5. The summed E-state index contributed by atoms with van der Waals surface area (Å²) >= 11 is 12.7. The first kappa shape index (κ1) is 25.0. The summed E-state index contributed by atoms with van der Waals surface area (Å²) in [4.78, 5) is 50.7. The van der Waals surface area contributed by atoms with Crippen molar-refractivity contribution in [1.29, 1.82) is 0 Å². The molecule has 10 heteroatoms. The first-order valence-electron chi connectivity index (χ1n) is 11.3. The minimum absolute atomic E-state index is 0.0884. The number of nitrogens with zero attached hydrogens (tertiary/aromatic N) is 1. The number of benzene rings is 2. The molecule has 1 fully saturated rings. The smallest absolute Gasteiger partial charge is 0.321 e. The van der Waals surface area contributed by atoms with Gasteiger partial charge in [0.2, 0.25) is 11.8 Å². The Morgan fingerprint density at radius 1 is 1.06 bits per heavy atom. The van der Waals surface area contributed by atoms with Crippen LogP contribution in [0, 0.1) is 5.92 Å². The molecule has 2 aliphatic rings. The number of nitrogens with one attached hydrogen (secondary N) is 3. The zero-order chi connectivity index (χ0) is 25.2. The van der Waals surface area contributed by atoms with Crippen LogP contribution >= 0.6 is 23.2 Å². The molecule has 0 spiro atoms. The van der Waals surface area contributed by atoms with E-state index in [2.05, 4.69) is 16.0 Å². The topological polar surface area (TPSA) is 108 Å². The number of fused-ring (bicyclic) bond motifs is 1. The number of urea groups is 1. The van der Waals surface area contributed by atoms with Gasteiger partial charge in [0.05, 0.1) is 6.54 Å². The van der Waals surface area contributed by atoms with E-state index in [0.717, 1.165) is 16.7 Å². The van der Waals surface area contributed by atoms with Crippen LogP contribution in [0.25, 0.3) is 0 Å². The summed E-state index contributed by atoms with van der Waals surface area (Å²) in [7, 11) is 1.44. The van der Waals surface area contributed by atoms with Gasteiger partial charge in [-0.3, -0.25) is 19.7 Å². The number of piperidine rings is 1. The van der Waals surface area contributed by atoms with E-state index < -0.39 is 16.3 Å². The highest BCUT2D eigenvalue weighted by Crippen LogP contribution is 2.40. The van der Waals surface area contributed by atoms with Crippen molar-refractivity contribution >= 4 is 52.6 Å². The Hall–Kier alpha value is -3.10. The van der Waals surface area contributed by atoms with Crippen LogP contribution in [0.3, 0.4) is 0 Å². The molecule has 184 valence electrons. The number of hydrogen-bond acceptors (Lipinski definition) is 4. The molecule has 0 aromatic heterocycles. The average Bonchev–Trinajstić information content (AvgIpc) is 3.26. The lowest BCUT2D eigenvalue weighted by atomic mass is 9.89. The second kappa shape index (κ2) is 10.3. The van der Waals surface area contributed by atoms with Crippen molar-refractivity contribution in [1.82, 2.24) is 15.5 Å². The largest absolute Gasteiger partial charge is 0.341 e. The summed E-state index contributed by atoms with van der Waals surface area (Å²) in [6.45, 7) is 0.154. The highest BCUT2D eigenvalue weighted by Gasteiger charge is 2.45. The third-order valence-corrected chi connectivity index (χ3v) is 7.04. The van der Waals surface area contributed by atoms with Crippen molar-refractivity contribution in [2.45, 2.75) is 29.5 Å². The molecule has 2 aromatic rings. The highest BCUT2D eigenvalue weighted by atomic mass is 35.5. The molecular weight excluding hydrogens is 491 g/mol. The molecule has 0 radical (unpaired) electrons. The molecule has 3 N–H and O–H groups in total. The monoisotopic (exact) mass is 516 g/mol. The van der Waals surface area contributed by atoms with Crippen LogP contribution in [0.2, 0.25) is 0 Å². The second-order valence-electron chi connectivity index (χ2n) is 8.91. The van der Waals surface area contributed by atoms with Crippen LogP contribution in [0.15, 0.2) is 48.5 Å². The Labute approximate surface area is 213 Å². The Balaban J connectivity index is 1.39. The van der Waals surface area contributed by atoms with Gasteiger partial charge in [0, 0.05) is 31.1 Å². The Kier molecular flexibility index (Phi) is 7.33. The molecule has 2 aromatic carbocycles. The van der Waals surface area contributed by atoms with Crippen molar-refractivity contribution in [2.24, 2.45) is 5.92 Å². The molecule has 2 atom stereocenters. The summed E-state index contributed by atoms with van der Waals surface area (Å²) in [5, 5.41) is 7.49. The van der Waals surface area contributed by atoms with E-state index in [9.17, 15) is 19.2 Å². The Morgan fingerprint density at radius 3 is 2.49 bits per heavy atom. The zero-order valence-electron chi connectivity index (χ0n) is 19.1. The van der Waals surface area contributed by atoms with E-state index in [1.165, 1.54) is 11.9 Å². The molecule has 4 rings (SSSR count). The number of halogens is 2. The molecule has 1 unspecified atom stereocenters. The summed E-state index contributed by atoms with van der Waals surface area (Å²) < 4.78 is -1.60. The van der Waals surface area contributed by atoms with Crippen LogP contribution in [0.4, 0.5) is 10.5 Å². The first-order valence-corrected chi connectivity index (χ1v) is 12.1. The van der Waals surface area contributed by atoms with Gasteiger partial charge < -0.3 is 15.5 Å². The molecule has 8 nitrogen and oxygen atoms in total. The van der Waals surface area contributed by atoms with Gasteiger partial charge in [0.1, 0.15) is 0 Å². The van der Waals surface area contributed by atoms with Crippen LogP contribution in [-0.2, 0) is 27.2 Å². The van der Waals surface area contributed by atoms with Crippen molar-refractivity contribution in [3.05, 3.63) is 65.2 Å². The molecule has 0 bridgehead atoms. The maximum atomic E-state index is 12.8. The number of carbonyl (C=O) groups is 4. The lowest BCUT2D eigenvalue weighted by Gasteiger charge is -2.38. The maximum Gasteiger partial charge on any atom is 0.321 e. The van der Waals surface area contributed by atoms with Crippen LogP contribution in [0.1, 0.15) is 29.0 Å². The van der Waals surface area contributed by atoms with Crippen LogP contribution < -0.4 is 16.0 Å². The van der Waals surface area contributed by atoms with Crippen LogP contribution in [0.5, 0.6) is 0 Å². The molecule has 0 saturated carbocycles. The normalized spacial score (nSPS) is 20.7. The van der Waals surface area contributed by atoms with Crippen molar-refractivity contribution < 1.29 is 19.2 Å². The van der Waals surface area contributed by atoms with E-state index in [0.29, 0.717) is 25.1 Å². The SMILES string of the molecule is CNC(=O)NC(=O)C1Cc2ccc(NC(=O)CN3C[C@H](c4ccccc4)CC(Cl)(Cl)C3=O)cc2C1. The predicted molar refractivity (Wildman–Crippen MR) is 133 cm³/mol. The van der Waals surface area contributed by atoms with E-state index in [4.69, 9.17) is 23.2 Å². The Morgan fingerprint density at radius 2 is 1.77 bits per heavy atom. The summed E-state index contributed by atoms with van der Waals surface area (Å²) in [6.07, 6.45) is 1.26. The molecule has 1 heterocycles. The van der Waals surface area contributed by atoms with Crippen molar-refractivity contribution in [2.75, 3.05) is 25.5 Å². The number of likely N-dealkylation sites (tertiary alicyclic amines) is 1. The van der Waals surface area contributed by atoms with Crippen LogP contribution in [-0.4, -0.2) is 53.1 Å². The van der Waals surface area contributed by atoms with Crippen molar-refractivity contribution in [3.8, 4) is 0 Å². The molecule has 1 aliphatic heterocycles. The van der Waals surface area contributed by atoms with E-state index >= 15 is 0 Å². The number of anilines is 1. The lowest BCUT2D eigenvalue weighted by Crippen LogP contribution is -2.52. The number of amides is 5. The second-order valence-corrected chi connectivity index (χ2v) is 10.4. The quantitative estimate of drug-likeness (QED) is 0.530. The summed E-state index contributed by atoms with van der Waals surface area (Å²) in [5.41, 5.74) is 3.49. The van der Waals surface area contributed by atoms with E-state index in [-0.39, 0.29) is 36.6 Å². The van der Waals surface area contributed by atoms with Gasteiger partial charge in [-0.2, -0.15) is 0 Å². The third kappa shape index (κ3) is 5.77. The average molecular weight is 517 g/mol. The number of carbonyl (C=O) groups excluding carboxylic acids is 4. The van der Waals surface area contributed by atoms with Gasteiger partial charge >= 0.3 is 6.03 Å². The lowest BCUT2D eigenvalue weighted by molar-refractivity contribution is -0.137. The Bertz CT molecular complexity index is 1160. The van der Waals surface area contributed by atoms with E-state index in [1.807, 2.05) is 42.5 Å². The fourth-order valence-corrected chi connectivity index (χ4v) is 5.27. The fourth-order valence-electron chi connectivity index (χ4n) is 4.66. The standard InChI is InChI=1S/C25H26Cl2N4O4/c1-28-24(35)30-22(33)18-9-16-7-8-20(11-17(16)10-18)29-21(32)14-31-13-19(12-25(26,27)23(31)34)15-5-3-2-4-6-15/h2-8,11,18-19H,9-10,12-14H2,1H3,(H,29,32)(H2,28,30,33,35)/t18?,19-/m1/s1. The number of alkyl halides is 2. The molecule has 5 amide bonds. The minimum atomic E-state index is -1.60. The molecular formula is C25H26Cl2N4O4. The zero-order valence-corrected chi connectivity index (χ0v) is 20.7. The third-order valence-electron chi connectivity index (χ3n) is 6.41. The number of hydrogen-bond donors (Lipinski definition) is 3. The first-order chi connectivity index (χ1) is 16.7. The van der Waals surface area contributed by atoms with Gasteiger partial charge in [0.15, 0.2) is 4.33 Å². The van der Waals surface area contributed by atoms with Gasteiger partial charge in [-0.15, -0.1) is 0 Å². The molecule has 1 aliphatic carbocycles. The predicted octanol–water partition coefficient (Wildman–Crippen LogP) is 2.99. The maximum absolute atomic E-state index is 12.8.